The summed E-state index contributed by atoms with van der Waals surface area (Å²) in [6, 6.07) is 28.5. The highest BCUT2D eigenvalue weighted by Crippen LogP contribution is 2.38. The van der Waals surface area contributed by atoms with Crippen LogP contribution in [0.3, 0.4) is 0 Å². The average molecular weight is 557 g/mol. The Morgan fingerprint density at radius 3 is 2.27 bits per heavy atom. The number of aromatic nitrogens is 2. The normalized spacial score (nSPS) is 16.8. The molecule has 5 nitrogen and oxygen atoms in total. The molecule has 5 rings (SSSR count). The molecule has 4 aromatic rings. The third-order valence-electron chi connectivity index (χ3n) is 8.14. The molecule has 1 N–H and O–H groups in total. The molecule has 1 aliphatic heterocycles. The number of benzene rings is 3. The van der Waals surface area contributed by atoms with E-state index in [1.165, 1.54) is 27.8 Å². The van der Waals surface area contributed by atoms with Crippen molar-refractivity contribution < 1.29 is 4.74 Å². The summed E-state index contributed by atoms with van der Waals surface area (Å²) in [5.74, 6) is 0.958. The van der Waals surface area contributed by atoms with Gasteiger partial charge in [-0.1, -0.05) is 104 Å². The van der Waals surface area contributed by atoms with Crippen LogP contribution in [0.2, 0.25) is 5.15 Å². The Kier molecular flexibility index (Phi) is 9.71. The van der Waals surface area contributed by atoms with Crippen LogP contribution in [-0.2, 0) is 30.5 Å². The topological polar surface area (TPSA) is 42.3 Å². The number of imidazole rings is 1. The van der Waals surface area contributed by atoms with Gasteiger partial charge in [0.15, 0.2) is 5.15 Å². The van der Waals surface area contributed by atoms with Gasteiger partial charge in [-0.05, 0) is 41.5 Å². The van der Waals surface area contributed by atoms with Crippen LogP contribution in [0.15, 0.2) is 78.9 Å². The van der Waals surface area contributed by atoms with E-state index in [1.807, 2.05) is 0 Å². The van der Waals surface area contributed by atoms with E-state index in [0.29, 0.717) is 18.3 Å². The van der Waals surface area contributed by atoms with Gasteiger partial charge in [-0.15, -0.1) is 0 Å². The summed E-state index contributed by atoms with van der Waals surface area (Å²) >= 11 is 7.19. The van der Waals surface area contributed by atoms with E-state index < -0.39 is 0 Å². The van der Waals surface area contributed by atoms with E-state index in [1.54, 1.807) is 7.11 Å². The molecule has 2 unspecified atom stereocenters. The fourth-order valence-corrected chi connectivity index (χ4v) is 6.39. The summed E-state index contributed by atoms with van der Waals surface area (Å²) in [5, 5.41) is 4.34. The molecule has 0 saturated carbocycles. The molecule has 0 bridgehead atoms. The fourth-order valence-electron chi connectivity index (χ4n) is 6.08. The number of rotatable bonds is 11. The smallest absolute Gasteiger partial charge is 0.152 e. The Balaban J connectivity index is 1.63. The van der Waals surface area contributed by atoms with Gasteiger partial charge in [0.1, 0.15) is 5.82 Å². The maximum Gasteiger partial charge on any atom is 0.152 e. The molecule has 0 amide bonds. The van der Waals surface area contributed by atoms with Gasteiger partial charge in [-0.2, -0.15) is 0 Å². The molecule has 6 heteroatoms. The maximum absolute atomic E-state index is 7.19. The van der Waals surface area contributed by atoms with Crippen LogP contribution in [0.25, 0.3) is 11.4 Å². The summed E-state index contributed by atoms with van der Waals surface area (Å²) in [7, 11) is 1.76. The first kappa shape index (κ1) is 28.6. The predicted octanol–water partition coefficient (Wildman–Crippen LogP) is 6.91. The van der Waals surface area contributed by atoms with E-state index >= 15 is 0 Å². The molecule has 2 atom stereocenters. The number of aryl methyl sites for hydroxylation is 2. The van der Waals surface area contributed by atoms with Crippen molar-refractivity contribution in [2.45, 2.75) is 51.7 Å². The van der Waals surface area contributed by atoms with Crippen LogP contribution in [0.1, 0.15) is 53.9 Å². The molecule has 1 aromatic heterocycles. The second-order valence-corrected chi connectivity index (χ2v) is 10.9. The number of hydrogen-bond acceptors (Lipinski definition) is 4. The van der Waals surface area contributed by atoms with Crippen molar-refractivity contribution in [3.8, 4) is 11.4 Å². The zero-order chi connectivity index (χ0) is 27.9. The number of nitrogens with zero attached hydrogens (tertiary/aromatic N) is 3. The number of piperazine rings is 1. The minimum absolute atomic E-state index is 0.0696. The third kappa shape index (κ3) is 6.18. The van der Waals surface area contributed by atoms with E-state index in [9.17, 15) is 0 Å². The van der Waals surface area contributed by atoms with Crippen LogP contribution in [-0.4, -0.2) is 47.8 Å². The number of ether oxygens (including phenoxy) is 1. The molecule has 0 radical (unpaired) electrons. The van der Waals surface area contributed by atoms with Crippen LogP contribution >= 0.6 is 11.6 Å². The zero-order valence-electron chi connectivity index (χ0n) is 23.9. The number of hydrogen-bond donors (Lipinski definition) is 1. The third-order valence-corrected chi connectivity index (χ3v) is 8.42. The number of halogens is 1. The molecular formula is C34H41ClN4O. The summed E-state index contributed by atoms with van der Waals surface area (Å²) in [6.45, 7) is 8.47. The van der Waals surface area contributed by atoms with Crippen molar-refractivity contribution in [3.05, 3.63) is 112 Å². The highest BCUT2D eigenvalue weighted by molar-refractivity contribution is 6.30. The van der Waals surface area contributed by atoms with Gasteiger partial charge in [0.25, 0.3) is 0 Å². The Hall–Kier alpha value is -2.96. The predicted molar refractivity (Wildman–Crippen MR) is 165 cm³/mol. The molecular weight excluding hydrogens is 516 g/mol. The highest BCUT2D eigenvalue weighted by atomic mass is 35.5. The summed E-state index contributed by atoms with van der Waals surface area (Å²) < 4.78 is 7.97. The van der Waals surface area contributed by atoms with E-state index in [2.05, 4.69) is 107 Å². The van der Waals surface area contributed by atoms with Gasteiger partial charge in [-0.3, -0.25) is 4.90 Å². The molecule has 0 aliphatic carbocycles. The molecule has 210 valence electrons. The molecule has 0 spiro atoms. The van der Waals surface area contributed by atoms with Crippen molar-refractivity contribution in [1.29, 1.82) is 0 Å². The first-order valence-electron chi connectivity index (χ1n) is 14.6. The minimum atomic E-state index is 0.0696. The van der Waals surface area contributed by atoms with Crippen molar-refractivity contribution >= 4 is 11.6 Å². The van der Waals surface area contributed by atoms with Gasteiger partial charge in [0, 0.05) is 44.9 Å². The Labute approximate surface area is 244 Å². The van der Waals surface area contributed by atoms with Gasteiger partial charge in [0.2, 0.25) is 0 Å². The lowest BCUT2D eigenvalue weighted by Gasteiger charge is -2.39. The molecule has 3 aromatic carbocycles. The summed E-state index contributed by atoms with van der Waals surface area (Å²) in [5.41, 5.74) is 7.52. The van der Waals surface area contributed by atoms with Gasteiger partial charge >= 0.3 is 0 Å². The van der Waals surface area contributed by atoms with Gasteiger partial charge in [0.05, 0.1) is 18.3 Å². The Bertz CT molecular complexity index is 1350. The molecule has 2 heterocycles. The van der Waals surface area contributed by atoms with E-state index in [0.717, 1.165) is 50.4 Å². The van der Waals surface area contributed by atoms with Crippen molar-refractivity contribution in [1.82, 2.24) is 19.8 Å². The quantitative estimate of drug-likeness (QED) is 0.218. The standard InChI is InChI=1S/C34H41ClN4O/c1-4-26-17-12-18-27(5-2)31(26)34-37-33(35)32(39(34)21-22-40-3)30(23-25-13-8-6-9-14-25)38-20-19-36-29(24-38)28-15-10-7-11-16-28/h6-18,29-30,36H,4-5,19-24H2,1-3H3. The average Bonchev–Trinajstić information content (AvgIpc) is 3.34. The number of methoxy groups -OCH3 is 1. The Morgan fingerprint density at radius 1 is 0.950 bits per heavy atom. The van der Waals surface area contributed by atoms with Crippen LogP contribution < -0.4 is 5.32 Å². The van der Waals surface area contributed by atoms with E-state index in [-0.39, 0.29) is 12.1 Å². The minimum Gasteiger partial charge on any atom is -0.383 e. The van der Waals surface area contributed by atoms with Crippen molar-refractivity contribution in [3.63, 3.8) is 0 Å². The lowest BCUT2D eigenvalue weighted by atomic mass is 9.96. The van der Waals surface area contributed by atoms with Crippen LogP contribution in [0.4, 0.5) is 0 Å². The van der Waals surface area contributed by atoms with Crippen LogP contribution in [0, 0.1) is 0 Å². The van der Waals surface area contributed by atoms with E-state index in [4.69, 9.17) is 21.3 Å². The summed E-state index contributed by atoms with van der Waals surface area (Å²) in [4.78, 5) is 7.72. The van der Waals surface area contributed by atoms with Gasteiger partial charge < -0.3 is 14.6 Å². The van der Waals surface area contributed by atoms with Gasteiger partial charge in [-0.25, -0.2) is 4.98 Å². The molecule has 40 heavy (non-hydrogen) atoms. The zero-order valence-corrected chi connectivity index (χ0v) is 24.7. The Morgan fingerprint density at radius 2 is 1.62 bits per heavy atom. The largest absolute Gasteiger partial charge is 0.383 e. The number of nitrogens with one attached hydrogen (secondary N) is 1. The SMILES string of the molecule is CCc1cccc(CC)c1-c1nc(Cl)c(C(Cc2ccccc2)N2CCNC(c3ccccc3)C2)n1CCOC. The lowest BCUT2D eigenvalue weighted by molar-refractivity contribution is 0.134. The monoisotopic (exact) mass is 556 g/mol. The molecule has 1 saturated heterocycles. The second-order valence-electron chi connectivity index (χ2n) is 10.5. The lowest BCUT2D eigenvalue weighted by Crippen LogP contribution is -2.48. The second kappa shape index (κ2) is 13.6. The maximum atomic E-state index is 7.19. The first-order valence-corrected chi connectivity index (χ1v) is 14.9. The fraction of sp³-hybridized carbons (Fsp3) is 0.382. The summed E-state index contributed by atoms with van der Waals surface area (Å²) in [6.07, 6.45) is 2.74. The van der Waals surface area contributed by atoms with Crippen molar-refractivity contribution in [2.24, 2.45) is 0 Å². The molecule has 1 fully saturated rings. The first-order chi connectivity index (χ1) is 19.6. The van der Waals surface area contributed by atoms with Crippen molar-refractivity contribution in [2.75, 3.05) is 33.4 Å². The molecule has 1 aliphatic rings. The highest BCUT2D eigenvalue weighted by Gasteiger charge is 2.33. The van der Waals surface area contributed by atoms with Crippen LogP contribution in [0.5, 0.6) is 0 Å².